The van der Waals surface area contributed by atoms with Crippen LogP contribution in [-0.2, 0) is 24.5 Å². The predicted octanol–water partition coefficient (Wildman–Crippen LogP) is 4.28. The van der Waals surface area contributed by atoms with Gasteiger partial charge in [-0.05, 0) is 88.3 Å². The van der Waals surface area contributed by atoms with Crippen molar-refractivity contribution in [3.8, 4) is 5.75 Å². The van der Waals surface area contributed by atoms with E-state index >= 15 is 0 Å². The highest BCUT2D eigenvalue weighted by atomic mass is 32.3. The van der Waals surface area contributed by atoms with Crippen LogP contribution in [0.5, 0.6) is 5.75 Å². The number of nitrogens with one attached hydrogen (secondary N) is 4. The molecule has 12 nitrogen and oxygen atoms in total. The smallest absolute Gasteiger partial charge is 0.256 e. The number of nitrogens with zero attached hydrogens (tertiary/aromatic N) is 1. The molecular formula is C33H43N5O7S3. The number of hydrogen-bond donors (Lipinski definition) is 4. The number of aryl methyl sites for hydroxylation is 1. The minimum atomic E-state index is -4.01. The number of H-pyrrole nitrogens is 1. The molecule has 4 N–H and O–H groups in total. The molecule has 4 heterocycles. The zero-order chi connectivity index (χ0) is 35.0. The van der Waals surface area contributed by atoms with Crippen molar-refractivity contribution in [2.24, 2.45) is 0 Å². The van der Waals surface area contributed by atoms with E-state index in [9.17, 15) is 26.4 Å². The number of benzene rings is 1. The van der Waals surface area contributed by atoms with Crippen molar-refractivity contribution in [1.29, 1.82) is 0 Å². The first-order chi connectivity index (χ1) is 22.7. The van der Waals surface area contributed by atoms with Gasteiger partial charge in [-0.3, -0.25) is 9.59 Å². The number of likely N-dealkylation sites (N-methyl/N-ethyl adjacent to an activating group) is 1. The summed E-state index contributed by atoms with van der Waals surface area (Å²) in [5, 5.41) is 8.44. The molecule has 5 rings (SSSR count). The molecule has 2 aromatic heterocycles. The van der Waals surface area contributed by atoms with Crippen LogP contribution >= 0.6 is 11.3 Å². The average Bonchev–Trinajstić information content (AvgIpc) is 3.71. The van der Waals surface area contributed by atoms with E-state index in [1.54, 1.807) is 31.2 Å². The largest absolute Gasteiger partial charge is 0.477 e. The molecule has 0 aliphatic carbocycles. The molecule has 0 radical (unpaired) electrons. The van der Waals surface area contributed by atoms with Gasteiger partial charge in [0, 0.05) is 41.8 Å². The number of rotatable bonds is 13. The Morgan fingerprint density at radius 2 is 1.90 bits per heavy atom. The molecule has 260 valence electrons. The van der Waals surface area contributed by atoms with E-state index < -0.39 is 30.9 Å². The zero-order valence-corrected chi connectivity index (χ0v) is 30.5. The van der Waals surface area contributed by atoms with Crippen molar-refractivity contribution in [2.45, 2.75) is 67.7 Å². The number of fused-ring (bicyclic) bond motifs is 2. The number of aromatic amines is 1. The summed E-state index contributed by atoms with van der Waals surface area (Å²) in [6, 6.07) is 5.98. The number of anilines is 1. The molecule has 0 spiro atoms. The third-order valence-corrected chi connectivity index (χ3v) is 14.8. The first-order valence-electron chi connectivity index (χ1n) is 16.0. The Morgan fingerprint density at radius 3 is 2.58 bits per heavy atom. The standard InChI is InChI=1S/C33H43N5O7S3/c1-7-34-28-14-19(4)48(43,44)33-25(28)17-29(46-33)47(41,42)18-45-22-10-11-26-23(15-22)24(31(39)37-26)16-27-20(5)30(21(6)36-27)32(40)35-12-13-38(8-2)9-3/h10-11,15-17,19,28,34,36H,7-9,12-14,18H2,1-6H3,(H,35,40)(H,37,39)/b24-16-/t19-,28-/m0/s1. The number of carbonyl (C=O) groups is 2. The lowest BCUT2D eigenvalue weighted by Crippen LogP contribution is -2.35. The summed E-state index contributed by atoms with van der Waals surface area (Å²) >= 11 is 0.760. The van der Waals surface area contributed by atoms with Gasteiger partial charge in [0.25, 0.3) is 11.8 Å². The molecule has 15 heteroatoms. The SMILES string of the molecule is CCN[C@H]1C[C@H](C)S(=O)(=O)c2sc(S(=O)(=O)COc3ccc4c(c3)/C(=C/c3[nH]c(C)c(C(=O)NCCN(CC)CC)c3C)C(=O)N4)cc21. The van der Waals surface area contributed by atoms with E-state index in [0.29, 0.717) is 64.4 Å². The highest BCUT2D eigenvalue weighted by Crippen LogP contribution is 2.43. The highest BCUT2D eigenvalue weighted by Gasteiger charge is 2.39. The lowest BCUT2D eigenvalue weighted by atomic mass is 10.0. The molecule has 3 aromatic rings. The monoisotopic (exact) mass is 717 g/mol. The van der Waals surface area contributed by atoms with Crippen molar-refractivity contribution in [3.63, 3.8) is 0 Å². The number of ether oxygens (including phenoxy) is 1. The van der Waals surface area contributed by atoms with Gasteiger partial charge in [0.15, 0.2) is 15.8 Å². The number of hydrogen-bond acceptors (Lipinski definition) is 10. The highest BCUT2D eigenvalue weighted by molar-refractivity contribution is 7.96. The minimum absolute atomic E-state index is 0.0721. The molecule has 1 aromatic carbocycles. The summed E-state index contributed by atoms with van der Waals surface area (Å²) in [6.07, 6.45) is 2.04. The predicted molar refractivity (Wildman–Crippen MR) is 188 cm³/mol. The second-order valence-electron chi connectivity index (χ2n) is 12.1. The first kappa shape index (κ1) is 35.8. The zero-order valence-electron chi connectivity index (χ0n) is 28.0. The van der Waals surface area contributed by atoms with Crippen LogP contribution in [0.3, 0.4) is 0 Å². The lowest BCUT2D eigenvalue weighted by Gasteiger charge is -2.27. The molecule has 0 unspecified atom stereocenters. The van der Waals surface area contributed by atoms with Gasteiger partial charge in [-0.1, -0.05) is 20.8 Å². The summed E-state index contributed by atoms with van der Waals surface area (Å²) in [7, 11) is -7.65. The van der Waals surface area contributed by atoms with Crippen LogP contribution in [0.15, 0.2) is 32.7 Å². The Hall–Kier alpha value is -3.50. The Labute approximate surface area is 286 Å². The molecule has 2 atom stereocenters. The third-order valence-electron chi connectivity index (χ3n) is 8.95. The second kappa shape index (κ2) is 14.2. The quantitative estimate of drug-likeness (QED) is 0.189. The number of thiophene rings is 1. The van der Waals surface area contributed by atoms with Gasteiger partial charge in [0.05, 0.1) is 16.4 Å². The van der Waals surface area contributed by atoms with Gasteiger partial charge in [0.2, 0.25) is 9.84 Å². The van der Waals surface area contributed by atoms with Gasteiger partial charge in [-0.2, -0.15) is 0 Å². The maximum atomic E-state index is 13.4. The molecule has 48 heavy (non-hydrogen) atoms. The molecular weight excluding hydrogens is 675 g/mol. The Kier molecular flexibility index (Phi) is 10.6. The fourth-order valence-electron chi connectivity index (χ4n) is 6.16. The molecule has 0 fully saturated rings. The van der Waals surface area contributed by atoms with Crippen LogP contribution in [0.1, 0.15) is 78.6 Å². The van der Waals surface area contributed by atoms with E-state index in [1.165, 1.54) is 6.07 Å². The van der Waals surface area contributed by atoms with Gasteiger partial charge in [-0.15, -0.1) is 11.3 Å². The Bertz CT molecular complexity index is 1970. The van der Waals surface area contributed by atoms with E-state index in [-0.39, 0.29) is 32.0 Å². The maximum Gasteiger partial charge on any atom is 0.256 e. The van der Waals surface area contributed by atoms with Crippen LogP contribution < -0.4 is 20.7 Å². The van der Waals surface area contributed by atoms with Crippen LogP contribution in [0.25, 0.3) is 11.6 Å². The van der Waals surface area contributed by atoms with Crippen molar-refractivity contribution < 1.29 is 31.2 Å². The molecule has 0 bridgehead atoms. The molecule has 2 aliphatic heterocycles. The summed E-state index contributed by atoms with van der Waals surface area (Å²) in [6.45, 7) is 15.0. The fourth-order valence-corrected chi connectivity index (χ4v) is 11.2. The van der Waals surface area contributed by atoms with Crippen LogP contribution in [0.4, 0.5) is 5.69 Å². The van der Waals surface area contributed by atoms with Crippen LogP contribution in [0, 0.1) is 13.8 Å². The Morgan fingerprint density at radius 1 is 1.17 bits per heavy atom. The van der Waals surface area contributed by atoms with Gasteiger partial charge in [0.1, 0.15) is 14.2 Å². The van der Waals surface area contributed by atoms with Crippen molar-refractivity contribution in [1.82, 2.24) is 20.5 Å². The summed E-state index contributed by atoms with van der Waals surface area (Å²) in [5.74, 6) is -1.03. The maximum absolute atomic E-state index is 13.4. The lowest BCUT2D eigenvalue weighted by molar-refractivity contribution is -0.110. The number of carbonyl (C=O) groups excluding carboxylic acids is 2. The van der Waals surface area contributed by atoms with Crippen molar-refractivity contribution in [3.05, 3.63) is 57.9 Å². The van der Waals surface area contributed by atoms with Crippen molar-refractivity contribution >= 4 is 60.2 Å². The topological polar surface area (TPSA) is 167 Å². The van der Waals surface area contributed by atoms with Crippen LogP contribution in [0.2, 0.25) is 0 Å². The third kappa shape index (κ3) is 6.97. The normalized spacial score (nSPS) is 19.3. The van der Waals surface area contributed by atoms with Gasteiger partial charge < -0.3 is 30.6 Å². The van der Waals surface area contributed by atoms with Gasteiger partial charge in [-0.25, -0.2) is 16.8 Å². The molecule has 0 saturated heterocycles. The average molecular weight is 718 g/mol. The van der Waals surface area contributed by atoms with Crippen molar-refractivity contribution in [2.75, 3.05) is 44.0 Å². The van der Waals surface area contributed by atoms with Crippen LogP contribution in [-0.4, -0.2) is 82.4 Å². The molecule has 2 aliphatic rings. The summed E-state index contributed by atoms with van der Waals surface area (Å²) < 4.78 is 58.6. The van der Waals surface area contributed by atoms with Gasteiger partial charge >= 0.3 is 0 Å². The summed E-state index contributed by atoms with van der Waals surface area (Å²) in [5.41, 5.74) is 4.37. The van der Waals surface area contributed by atoms with E-state index in [0.717, 1.165) is 31.0 Å². The van der Waals surface area contributed by atoms with E-state index in [2.05, 4.69) is 39.7 Å². The number of amides is 2. The molecule has 0 saturated carbocycles. The number of sulfone groups is 2. The number of aromatic nitrogens is 1. The summed E-state index contributed by atoms with van der Waals surface area (Å²) in [4.78, 5) is 31.5. The fraction of sp³-hybridized carbons (Fsp3) is 0.455. The minimum Gasteiger partial charge on any atom is -0.477 e. The first-order valence-corrected chi connectivity index (χ1v) is 20.1. The Balaban J connectivity index is 1.35. The molecule has 2 amide bonds. The van der Waals surface area contributed by atoms with E-state index in [4.69, 9.17) is 4.74 Å². The van der Waals surface area contributed by atoms with E-state index in [1.807, 2.05) is 20.8 Å². The second-order valence-corrected chi connectivity index (χ2v) is 17.8.